The van der Waals surface area contributed by atoms with Crippen LogP contribution in [-0.2, 0) is 14.3 Å². The van der Waals surface area contributed by atoms with Gasteiger partial charge in [0.2, 0.25) is 5.91 Å². The standard InChI is InChI=1S/C30H41NO5S/c1-19-6-11-25(20(2)16-19)28(32)31(21-7-9-22(10-8-21)36-23-13-15-35-18-23)26-17-24(12-14-30(3,4)5)37-27(26)29(33)34/h6,17,20-23,25H,7-11,13,15-16,18H2,1-5H3,(H,33,34)/t20-,21?,22?,23-,25+/m0/s1. The van der Waals surface area contributed by atoms with Gasteiger partial charge in [0, 0.05) is 24.0 Å². The van der Waals surface area contributed by atoms with Gasteiger partial charge < -0.3 is 19.5 Å². The maximum atomic E-state index is 14.2. The van der Waals surface area contributed by atoms with Gasteiger partial charge >= 0.3 is 5.97 Å². The van der Waals surface area contributed by atoms with Gasteiger partial charge in [-0.3, -0.25) is 4.79 Å². The second-order valence-corrected chi connectivity index (χ2v) is 13.0. The van der Waals surface area contributed by atoms with E-state index in [1.54, 1.807) is 0 Å². The zero-order chi connectivity index (χ0) is 26.7. The predicted molar refractivity (Wildman–Crippen MR) is 147 cm³/mol. The van der Waals surface area contributed by atoms with Crippen LogP contribution in [0.25, 0.3) is 0 Å². The average molecular weight is 528 g/mol. The van der Waals surface area contributed by atoms with Gasteiger partial charge in [0.1, 0.15) is 4.88 Å². The van der Waals surface area contributed by atoms with Crippen molar-refractivity contribution in [3.8, 4) is 11.8 Å². The first-order chi connectivity index (χ1) is 17.5. The van der Waals surface area contributed by atoms with E-state index in [0.29, 0.717) is 23.6 Å². The highest BCUT2D eigenvalue weighted by molar-refractivity contribution is 7.15. The molecule has 0 aromatic carbocycles. The fraction of sp³-hybridized carbons (Fsp3) is 0.667. The summed E-state index contributed by atoms with van der Waals surface area (Å²) in [4.78, 5) is 29.3. The molecule has 0 spiro atoms. The third kappa shape index (κ3) is 7.04. The number of anilines is 1. The van der Waals surface area contributed by atoms with Gasteiger partial charge in [-0.25, -0.2) is 4.79 Å². The maximum absolute atomic E-state index is 14.2. The van der Waals surface area contributed by atoms with Crippen molar-refractivity contribution in [1.29, 1.82) is 0 Å². The van der Waals surface area contributed by atoms with Gasteiger partial charge in [-0.1, -0.05) is 30.4 Å². The van der Waals surface area contributed by atoms with E-state index in [9.17, 15) is 14.7 Å². The Labute approximate surface area is 225 Å². The first-order valence-corrected chi connectivity index (χ1v) is 14.5. The van der Waals surface area contributed by atoms with Crippen LogP contribution in [0.4, 0.5) is 5.69 Å². The number of allylic oxidation sites excluding steroid dienone is 2. The van der Waals surface area contributed by atoms with E-state index in [0.717, 1.165) is 45.1 Å². The molecule has 2 heterocycles. The number of hydrogen-bond donors (Lipinski definition) is 1. The number of carbonyl (C=O) groups is 2. The molecule has 0 unspecified atom stereocenters. The lowest BCUT2D eigenvalue weighted by Crippen LogP contribution is -2.48. The van der Waals surface area contributed by atoms with Gasteiger partial charge in [-0.15, -0.1) is 11.3 Å². The molecule has 202 valence electrons. The van der Waals surface area contributed by atoms with Gasteiger partial charge in [-0.2, -0.15) is 0 Å². The van der Waals surface area contributed by atoms with Crippen LogP contribution >= 0.6 is 11.3 Å². The summed E-state index contributed by atoms with van der Waals surface area (Å²) in [6.45, 7) is 11.8. The summed E-state index contributed by atoms with van der Waals surface area (Å²) in [7, 11) is 0. The minimum Gasteiger partial charge on any atom is -0.477 e. The van der Waals surface area contributed by atoms with Gasteiger partial charge in [0.25, 0.3) is 0 Å². The molecule has 1 aromatic heterocycles. The second-order valence-electron chi connectivity index (χ2n) is 12.0. The molecule has 1 N–H and O–H groups in total. The van der Waals surface area contributed by atoms with Crippen molar-refractivity contribution in [2.75, 3.05) is 18.1 Å². The molecular formula is C30H41NO5S. The molecule has 4 rings (SSSR count). The van der Waals surface area contributed by atoms with E-state index in [1.807, 2.05) is 31.7 Å². The molecule has 1 amide bonds. The summed E-state index contributed by atoms with van der Waals surface area (Å²) in [6, 6.07) is 1.78. The Kier molecular flexibility index (Phi) is 8.83. The van der Waals surface area contributed by atoms with Crippen LogP contribution < -0.4 is 4.90 Å². The van der Waals surface area contributed by atoms with Crippen molar-refractivity contribution >= 4 is 28.9 Å². The zero-order valence-corrected chi connectivity index (χ0v) is 23.7. The van der Waals surface area contributed by atoms with Crippen LogP contribution in [0.2, 0.25) is 0 Å². The summed E-state index contributed by atoms with van der Waals surface area (Å²) >= 11 is 1.17. The normalized spacial score (nSPS) is 28.2. The highest BCUT2D eigenvalue weighted by Gasteiger charge is 2.39. The molecule has 1 saturated heterocycles. The van der Waals surface area contributed by atoms with Crippen molar-refractivity contribution in [2.24, 2.45) is 17.3 Å². The average Bonchev–Trinajstić information content (AvgIpc) is 3.49. The Hall–Kier alpha value is -2.14. The second kappa shape index (κ2) is 11.7. The Bertz CT molecular complexity index is 1070. The Morgan fingerprint density at radius 3 is 2.49 bits per heavy atom. The Balaban J connectivity index is 1.63. The molecule has 7 heteroatoms. The van der Waals surface area contributed by atoms with Crippen molar-refractivity contribution in [1.82, 2.24) is 0 Å². The highest BCUT2D eigenvalue weighted by Crippen LogP contribution is 2.39. The third-order valence-corrected chi connectivity index (χ3v) is 8.64. The smallest absolute Gasteiger partial charge is 0.348 e. The summed E-state index contributed by atoms with van der Waals surface area (Å²) in [6.07, 6.45) is 8.31. The number of nitrogens with zero attached hydrogens (tertiary/aromatic N) is 1. The minimum absolute atomic E-state index is 0.0421. The summed E-state index contributed by atoms with van der Waals surface area (Å²) < 4.78 is 11.7. The molecule has 1 aliphatic heterocycles. The van der Waals surface area contributed by atoms with Crippen molar-refractivity contribution in [3.05, 3.63) is 27.5 Å². The molecular weight excluding hydrogens is 486 g/mol. The molecule has 3 atom stereocenters. The van der Waals surface area contributed by atoms with Crippen LogP contribution in [0.15, 0.2) is 17.7 Å². The third-order valence-electron chi connectivity index (χ3n) is 7.61. The molecule has 37 heavy (non-hydrogen) atoms. The number of amides is 1. The van der Waals surface area contributed by atoms with Crippen molar-refractivity contribution in [2.45, 2.75) is 97.8 Å². The topological polar surface area (TPSA) is 76.1 Å². The van der Waals surface area contributed by atoms with E-state index in [4.69, 9.17) is 9.47 Å². The number of carbonyl (C=O) groups excluding carboxylic acids is 1. The molecule has 0 bridgehead atoms. The Morgan fingerprint density at radius 2 is 1.89 bits per heavy atom. The van der Waals surface area contributed by atoms with Gasteiger partial charge in [0.15, 0.2) is 0 Å². The number of aromatic carboxylic acids is 1. The lowest BCUT2D eigenvalue weighted by Gasteiger charge is -2.40. The van der Waals surface area contributed by atoms with E-state index in [1.165, 1.54) is 16.9 Å². The number of thiophene rings is 1. The van der Waals surface area contributed by atoms with Crippen LogP contribution in [0, 0.1) is 29.1 Å². The number of ether oxygens (including phenoxy) is 2. The first-order valence-electron chi connectivity index (χ1n) is 13.6. The van der Waals surface area contributed by atoms with E-state index in [2.05, 4.69) is 31.8 Å². The molecule has 1 aromatic rings. The highest BCUT2D eigenvalue weighted by atomic mass is 32.1. The van der Waals surface area contributed by atoms with Gasteiger partial charge in [-0.05, 0) is 84.6 Å². The van der Waals surface area contributed by atoms with E-state index >= 15 is 0 Å². The maximum Gasteiger partial charge on any atom is 0.348 e. The number of carboxylic acid groups (broad SMARTS) is 1. The van der Waals surface area contributed by atoms with Crippen molar-refractivity contribution in [3.63, 3.8) is 0 Å². The predicted octanol–water partition coefficient (Wildman–Crippen LogP) is 6.29. The van der Waals surface area contributed by atoms with E-state index in [-0.39, 0.29) is 46.3 Å². The molecule has 3 aliphatic rings. The summed E-state index contributed by atoms with van der Waals surface area (Å²) in [5.74, 6) is 5.47. The lowest BCUT2D eigenvalue weighted by molar-refractivity contribution is -0.124. The fourth-order valence-electron chi connectivity index (χ4n) is 5.67. The lowest BCUT2D eigenvalue weighted by atomic mass is 9.79. The molecule has 0 radical (unpaired) electrons. The van der Waals surface area contributed by atoms with Crippen LogP contribution in [0.1, 0.15) is 94.1 Å². The quantitative estimate of drug-likeness (QED) is 0.348. The monoisotopic (exact) mass is 527 g/mol. The Morgan fingerprint density at radius 1 is 1.16 bits per heavy atom. The molecule has 2 fully saturated rings. The molecule has 2 aliphatic carbocycles. The molecule has 1 saturated carbocycles. The first kappa shape index (κ1) is 27.9. The zero-order valence-electron chi connectivity index (χ0n) is 22.8. The fourth-order valence-corrected chi connectivity index (χ4v) is 6.51. The number of rotatable bonds is 6. The van der Waals surface area contributed by atoms with Crippen LogP contribution in [-0.4, -0.2) is 48.4 Å². The van der Waals surface area contributed by atoms with E-state index < -0.39 is 5.97 Å². The largest absolute Gasteiger partial charge is 0.477 e. The van der Waals surface area contributed by atoms with Gasteiger partial charge in [0.05, 0.1) is 29.4 Å². The number of carboxylic acids is 1. The minimum atomic E-state index is -1.01. The SMILES string of the molecule is CC1=CC[C@@H](C(=O)N(c2cc(C#CC(C)(C)C)sc2C(=O)O)C2CCC(O[C@H]3CCOC3)CC2)[C@@H](C)C1. The summed E-state index contributed by atoms with van der Waals surface area (Å²) in [5.41, 5.74) is 1.62. The van der Waals surface area contributed by atoms with Crippen LogP contribution in [0.5, 0.6) is 0 Å². The molecule has 6 nitrogen and oxygen atoms in total. The van der Waals surface area contributed by atoms with Crippen molar-refractivity contribution < 1.29 is 24.2 Å². The summed E-state index contributed by atoms with van der Waals surface area (Å²) in [5, 5.41) is 10.1. The number of hydrogen-bond acceptors (Lipinski definition) is 5. The van der Waals surface area contributed by atoms with Crippen LogP contribution in [0.3, 0.4) is 0 Å².